The van der Waals surface area contributed by atoms with Crippen molar-refractivity contribution in [2.75, 3.05) is 10.8 Å². The van der Waals surface area contributed by atoms with Gasteiger partial charge in [0.05, 0.1) is 10.6 Å². The van der Waals surface area contributed by atoms with E-state index >= 15 is 0 Å². The maximum absolute atomic E-state index is 14.1. The summed E-state index contributed by atoms with van der Waals surface area (Å²) in [6.07, 6.45) is 3.76. The predicted octanol–water partition coefficient (Wildman–Crippen LogP) is 7.28. The molecule has 7 nitrogen and oxygen atoms in total. The van der Waals surface area contributed by atoms with Gasteiger partial charge in [0.25, 0.3) is 10.0 Å². The maximum atomic E-state index is 14.1. The van der Waals surface area contributed by atoms with Gasteiger partial charge in [-0.05, 0) is 69.2 Å². The highest BCUT2D eigenvalue weighted by Crippen LogP contribution is 2.31. The van der Waals surface area contributed by atoms with Crippen LogP contribution in [0.3, 0.4) is 0 Å². The summed E-state index contributed by atoms with van der Waals surface area (Å²) in [5.41, 5.74) is 1.40. The third-order valence-electron chi connectivity index (χ3n) is 7.28. The largest absolute Gasteiger partial charge is 0.352 e. The highest BCUT2D eigenvalue weighted by atomic mass is 35.5. The summed E-state index contributed by atoms with van der Waals surface area (Å²) < 4.78 is 28.9. The van der Waals surface area contributed by atoms with Gasteiger partial charge in [0, 0.05) is 38.2 Å². The SMILES string of the molecule is Cc1ccc(S(=O)(=O)N(CC(=O)N(Cc2c(Cl)cccc2Cl)[C@@H](C)C(=O)NC2CCCC2)c2cc(Cl)cc(Cl)c2)cc1. The molecule has 0 aromatic heterocycles. The monoisotopic (exact) mass is 669 g/mol. The van der Waals surface area contributed by atoms with Crippen molar-refractivity contribution in [2.45, 2.75) is 63.1 Å². The fraction of sp³-hybridized carbons (Fsp3) is 0.333. The molecule has 0 unspecified atom stereocenters. The molecule has 1 aliphatic rings. The molecule has 1 aliphatic carbocycles. The van der Waals surface area contributed by atoms with Crippen molar-refractivity contribution >= 4 is 73.9 Å². The molecule has 0 radical (unpaired) electrons. The summed E-state index contributed by atoms with van der Waals surface area (Å²) in [7, 11) is -4.27. The van der Waals surface area contributed by atoms with E-state index in [0.717, 1.165) is 35.6 Å². The Bertz CT molecular complexity index is 1520. The Morgan fingerprint density at radius 1 is 0.929 bits per heavy atom. The molecule has 1 fully saturated rings. The van der Waals surface area contributed by atoms with Gasteiger partial charge in [-0.3, -0.25) is 13.9 Å². The number of amides is 2. The van der Waals surface area contributed by atoms with Gasteiger partial charge in [0.2, 0.25) is 11.8 Å². The minimum atomic E-state index is -4.27. The lowest BCUT2D eigenvalue weighted by Gasteiger charge is -2.33. The van der Waals surface area contributed by atoms with Gasteiger partial charge in [0.15, 0.2) is 0 Å². The number of carbonyl (C=O) groups excluding carboxylic acids is 2. The lowest BCUT2D eigenvalue weighted by atomic mass is 10.1. The molecule has 1 N–H and O–H groups in total. The zero-order chi connectivity index (χ0) is 30.6. The van der Waals surface area contributed by atoms with Gasteiger partial charge in [-0.15, -0.1) is 0 Å². The van der Waals surface area contributed by atoms with Gasteiger partial charge in [0.1, 0.15) is 12.6 Å². The molecule has 1 atom stereocenters. The summed E-state index contributed by atoms with van der Waals surface area (Å²) in [6, 6.07) is 14.6. The number of rotatable bonds is 10. The fourth-order valence-corrected chi connectivity index (χ4v) is 7.31. The van der Waals surface area contributed by atoms with E-state index in [1.807, 2.05) is 6.92 Å². The molecular formula is C30H31Cl4N3O4S. The smallest absolute Gasteiger partial charge is 0.264 e. The molecule has 12 heteroatoms. The predicted molar refractivity (Wildman–Crippen MR) is 169 cm³/mol. The zero-order valence-corrected chi connectivity index (χ0v) is 27.0. The molecular weight excluding hydrogens is 640 g/mol. The van der Waals surface area contributed by atoms with Crippen LogP contribution in [0.1, 0.15) is 43.7 Å². The first-order valence-electron chi connectivity index (χ1n) is 13.4. The Morgan fingerprint density at radius 3 is 2.07 bits per heavy atom. The second-order valence-electron chi connectivity index (χ2n) is 10.3. The van der Waals surface area contributed by atoms with E-state index in [0.29, 0.717) is 15.6 Å². The van der Waals surface area contributed by atoms with Crippen LogP contribution in [0.25, 0.3) is 0 Å². The van der Waals surface area contributed by atoms with Crippen molar-refractivity contribution < 1.29 is 18.0 Å². The van der Waals surface area contributed by atoms with E-state index in [4.69, 9.17) is 46.4 Å². The van der Waals surface area contributed by atoms with E-state index in [-0.39, 0.29) is 39.1 Å². The number of anilines is 1. The third-order valence-corrected chi connectivity index (χ3v) is 10.2. The first kappa shape index (κ1) is 32.4. The summed E-state index contributed by atoms with van der Waals surface area (Å²) in [6.45, 7) is 2.67. The molecule has 0 aliphatic heterocycles. The second kappa shape index (κ2) is 13.9. The van der Waals surface area contributed by atoms with Crippen LogP contribution in [-0.2, 0) is 26.2 Å². The van der Waals surface area contributed by atoms with Gasteiger partial charge in [-0.25, -0.2) is 8.42 Å². The van der Waals surface area contributed by atoms with Gasteiger partial charge in [-0.1, -0.05) is 83.0 Å². The van der Waals surface area contributed by atoms with Crippen LogP contribution in [-0.4, -0.2) is 43.8 Å². The molecule has 0 bridgehead atoms. The van der Waals surface area contributed by atoms with Crippen molar-refractivity contribution in [3.05, 3.63) is 91.9 Å². The lowest BCUT2D eigenvalue weighted by Crippen LogP contribution is -2.52. The van der Waals surface area contributed by atoms with Crippen molar-refractivity contribution in [3.63, 3.8) is 0 Å². The maximum Gasteiger partial charge on any atom is 0.264 e. The number of nitrogens with one attached hydrogen (secondary N) is 1. The van der Waals surface area contributed by atoms with E-state index in [1.54, 1.807) is 37.3 Å². The molecule has 4 rings (SSSR count). The Morgan fingerprint density at radius 2 is 1.50 bits per heavy atom. The van der Waals surface area contributed by atoms with Gasteiger partial charge < -0.3 is 10.2 Å². The van der Waals surface area contributed by atoms with Crippen molar-refractivity contribution in [1.29, 1.82) is 0 Å². The van der Waals surface area contributed by atoms with Crippen molar-refractivity contribution in [1.82, 2.24) is 10.2 Å². The van der Waals surface area contributed by atoms with E-state index in [9.17, 15) is 18.0 Å². The molecule has 3 aromatic carbocycles. The molecule has 0 spiro atoms. The minimum absolute atomic E-state index is 0.0211. The van der Waals surface area contributed by atoms with E-state index in [1.165, 1.54) is 35.2 Å². The zero-order valence-electron chi connectivity index (χ0n) is 23.1. The topological polar surface area (TPSA) is 86.8 Å². The average molecular weight is 671 g/mol. The third kappa shape index (κ3) is 7.71. The number of sulfonamides is 1. The first-order chi connectivity index (χ1) is 19.9. The van der Waals surface area contributed by atoms with Crippen LogP contribution >= 0.6 is 46.4 Å². The number of aryl methyl sites for hydroxylation is 1. The lowest BCUT2D eigenvalue weighted by molar-refractivity contribution is -0.139. The number of hydrogen-bond donors (Lipinski definition) is 1. The molecule has 0 saturated heterocycles. The highest BCUT2D eigenvalue weighted by molar-refractivity contribution is 7.92. The normalized spacial score (nSPS) is 14.4. The van der Waals surface area contributed by atoms with Crippen LogP contribution in [0.2, 0.25) is 20.1 Å². The Labute approximate surface area is 266 Å². The first-order valence-corrected chi connectivity index (χ1v) is 16.4. The number of hydrogen-bond acceptors (Lipinski definition) is 4. The Balaban J connectivity index is 1.74. The van der Waals surface area contributed by atoms with Crippen molar-refractivity contribution in [2.24, 2.45) is 0 Å². The standard InChI is InChI=1S/C30H31Cl4N3O4S/c1-19-10-12-25(13-11-19)42(40,41)37(24-15-21(31)14-22(32)16-24)18-29(38)36(17-26-27(33)8-5-9-28(26)34)20(2)30(39)35-23-6-3-4-7-23/h5,8-16,20,23H,3-4,6-7,17-18H2,1-2H3,(H,35,39)/t20-/m0/s1. The fourth-order valence-electron chi connectivity index (χ4n) is 4.88. The van der Waals surface area contributed by atoms with E-state index in [2.05, 4.69) is 5.32 Å². The molecule has 42 heavy (non-hydrogen) atoms. The number of halogens is 4. The molecule has 3 aromatic rings. The van der Waals surface area contributed by atoms with Gasteiger partial charge >= 0.3 is 0 Å². The van der Waals surface area contributed by atoms with Crippen LogP contribution in [0.4, 0.5) is 5.69 Å². The number of benzene rings is 3. The summed E-state index contributed by atoms with van der Waals surface area (Å²) in [4.78, 5) is 28.8. The summed E-state index contributed by atoms with van der Waals surface area (Å²) >= 11 is 25.4. The van der Waals surface area contributed by atoms with Crippen LogP contribution in [0.15, 0.2) is 65.6 Å². The van der Waals surface area contributed by atoms with E-state index < -0.39 is 28.5 Å². The minimum Gasteiger partial charge on any atom is -0.352 e. The Hall–Kier alpha value is -2.49. The van der Waals surface area contributed by atoms with Gasteiger partial charge in [-0.2, -0.15) is 0 Å². The highest BCUT2D eigenvalue weighted by Gasteiger charge is 2.34. The Kier molecular flexibility index (Phi) is 10.7. The molecule has 1 saturated carbocycles. The second-order valence-corrected chi connectivity index (χ2v) is 13.9. The van der Waals surface area contributed by atoms with Crippen LogP contribution < -0.4 is 9.62 Å². The van der Waals surface area contributed by atoms with Crippen LogP contribution in [0.5, 0.6) is 0 Å². The molecule has 2 amide bonds. The van der Waals surface area contributed by atoms with Crippen molar-refractivity contribution in [3.8, 4) is 0 Å². The molecule has 0 heterocycles. The summed E-state index contributed by atoms with van der Waals surface area (Å²) in [5, 5.41) is 4.04. The number of carbonyl (C=O) groups is 2. The molecule has 224 valence electrons. The summed E-state index contributed by atoms with van der Waals surface area (Å²) in [5.74, 6) is -0.996. The average Bonchev–Trinajstić information content (AvgIpc) is 3.43. The quantitative estimate of drug-likeness (QED) is 0.246. The number of nitrogens with zero attached hydrogens (tertiary/aromatic N) is 2. The van der Waals surface area contributed by atoms with Crippen LogP contribution in [0, 0.1) is 6.92 Å².